The molecule has 4 nitrogen and oxygen atoms in total. The molecule has 0 spiro atoms. The van der Waals surface area contributed by atoms with Crippen LogP contribution in [0, 0.1) is 0 Å². The summed E-state index contributed by atoms with van der Waals surface area (Å²) in [5.41, 5.74) is 0.522. The van der Waals surface area contributed by atoms with Gasteiger partial charge in [0.15, 0.2) is 0 Å². The van der Waals surface area contributed by atoms with E-state index >= 15 is 0 Å². The second kappa shape index (κ2) is 7.18. The van der Waals surface area contributed by atoms with Crippen molar-refractivity contribution in [2.45, 2.75) is 32.7 Å². The van der Waals surface area contributed by atoms with Gasteiger partial charge in [0.05, 0.1) is 0 Å². The summed E-state index contributed by atoms with van der Waals surface area (Å²) in [6.45, 7) is 8.21. The van der Waals surface area contributed by atoms with Crippen molar-refractivity contribution in [1.29, 1.82) is 0 Å². The van der Waals surface area contributed by atoms with Crippen LogP contribution in [0.2, 0.25) is 0 Å². The number of carbonyl (C=O) groups excluding carboxylic acids is 1. The van der Waals surface area contributed by atoms with E-state index in [1.54, 1.807) is 6.20 Å². The van der Waals surface area contributed by atoms with Gasteiger partial charge in [-0.05, 0) is 54.0 Å². The topological polar surface area (TPSA) is 36.4 Å². The molecule has 0 radical (unpaired) electrons. The zero-order valence-corrected chi connectivity index (χ0v) is 13.8. The molecule has 0 aromatic carbocycles. The van der Waals surface area contributed by atoms with E-state index in [0.29, 0.717) is 11.7 Å². The van der Waals surface area contributed by atoms with Crippen LogP contribution in [0.3, 0.4) is 0 Å². The zero-order valence-electron chi connectivity index (χ0n) is 12.2. The van der Waals surface area contributed by atoms with Crippen molar-refractivity contribution in [3.63, 3.8) is 0 Å². The Hall–Kier alpha value is -0.940. The summed E-state index contributed by atoms with van der Waals surface area (Å²) in [6.07, 6.45) is 3.77. The molecule has 2 heterocycles. The van der Waals surface area contributed by atoms with E-state index in [0.717, 1.165) is 43.5 Å². The van der Waals surface area contributed by atoms with Crippen molar-refractivity contribution in [3.8, 4) is 0 Å². The van der Waals surface area contributed by atoms with Gasteiger partial charge in [-0.2, -0.15) is 0 Å². The second-order valence-corrected chi connectivity index (χ2v) is 5.93. The molecular formula is C15H22BrN3O. The summed E-state index contributed by atoms with van der Waals surface area (Å²) in [5, 5.41) is 0. The third-order valence-electron chi connectivity index (χ3n) is 4.04. The summed E-state index contributed by atoms with van der Waals surface area (Å²) >= 11 is 3.40. The van der Waals surface area contributed by atoms with Gasteiger partial charge in [0.25, 0.3) is 5.91 Å². The quantitative estimate of drug-likeness (QED) is 0.846. The van der Waals surface area contributed by atoms with Gasteiger partial charge in [0.1, 0.15) is 5.69 Å². The van der Waals surface area contributed by atoms with Crippen molar-refractivity contribution in [1.82, 2.24) is 14.8 Å². The third-order valence-corrected chi connectivity index (χ3v) is 4.68. The molecule has 1 amide bonds. The van der Waals surface area contributed by atoms with Crippen molar-refractivity contribution in [2.75, 3.05) is 26.2 Å². The number of hydrogen-bond acceptors (Lipinski definition) is 3. The number of pyridine rings is 1. The Bertz CT molecular complexity index is 454. The van der Waals surface area contributed by atoms with Crippen LogP contribution in [0.25, 0.3) is 0 Å². The first kappa shape index (κ1) is 15.4. The first-order valence-electron chi connectivity index (χ1n) is 7.31. The second-order valence-electron chi connectivity index (χ2n) is 5.08. The molecule has 1 aliphatic heterocycles. The average Bonchev–Trinajstić information content (AvgIpc) is 2.49. The molecule has 110 valence electrons. The summed E-state index contributed by atoms with van der Waals surface area (Å²) in [7, 11) is 0. The molecule has 1 fully saturated rings. The van der Waals surface area contributed by atoms with Gasteiger partial charge in [-0.1, -0.05) is 13.8 Å². The Labute approximate surface area is 129 Å². The van der Waals surface area contributed by atoms with Gasteiger partial charge in [-0.3, -0.25) is 4.79 Å². The first-order valence-corrected chi connectivity index (χ1v) is 8.10. The molecule has 1 aromatic rings. The normalized spacial score (nSPS) is 16.7. The lowest BCUT2D eigenvalue weighted by molar-refractivity contribution is 0.0625. The predicted octanol–water partition coefficient (Wildman–Crippen LogP) is 2.79. The molecule has 0 aliphatic carbocycles. The van der Waals surface area contributed by atoms with Crippen LogP contribution in [0.4, 0.5) is 0 Å². The largest absolute Gasteiger partial charge is 0.337 e. The Kier molecular flexibility index (Phi) is 5.54. The highest BCUT2D eigenvalue weighted by Crippen LogP contribution is 2.20. The first-order chi connectivity index (χ1) is 9.67. The number of likely N-dealkylation sites (tertiary alicyclic amines) is 1. The van der Waals surface area contributed by atoms with E-state index in [1.165, 1.54) is 0 Å². The molecule has 0 saturated carbocycles. The number of carbonyl (C=O) groups is 1. The highest BCUT2D eigenvalue weighted by Gasteiger charge is 2.27. The summed E-state index contributed by atoms with van der Waals surface area (Å²) in [4.78, 5) is 21.1. The molecule has 1 aromatic heterocycles. The molecule has 1 aliphatic rings. The summed E-state index contributed by atoms with van der Waals surface area (Å²) < 4.78 is 0.774. The molecule has 0 bridgehead atoms. The molecule has 20 heavy (non-hydrogen) atoms. The van der Waals surface area contributed by atoms with E-state index in [1.807, 2.05) is 17.0 Å². The van der Waals surface area contributed by atoms with E-state index in [2.05, 4.69) is 39.7 Å². The zero-order chi connectivity index (χ0) is 14.5. The summed E-state index contributed by atoms with van der Waals surface area (Å²) in [5.74, 6) is 0.0375. The number of aromatic nitrogens is 1. The molecule has 5 heteroatoms. The lowest BCUT2D eigenvalue weighted by Crippen LogP contribution is -2.46. The fraction of sp³-hybridized carbons (Fsp3) is 0.600. The van der Waals surface area contributed by atoms with Crippen LogP contribution in [-0.4, -0.2) is 52.9 Å². The molecule has 1 saturated heterocycles. The van der Waals surface area contributed by atoms with Crippen LogP contribution in [0.15, 0.2) is 22.8 Å². The fourth-order valence-corrected chi connectivity index (χ4v) is 3.29. The van der Waals surface area contributed by atoms with E-state index in [4.69, 9.17) is 0 Å². The lowest BCUT2D eigenvalue weighted by Gasteiger charge is -2.37. The maximum absolute atomic E-state index is 12.5. The smallest absolute Gasteiger partial charge is 0.273 e. The number of halogens is 1. The van der Waals surface area contributed by atoms with Gasteiger partial charge < -0.3 is 9.80 Å². The van der Waals surface area contributed by atoms with Gasteiger partial charge in [0.2, 0.25) is 0 Å². The number of rotatable bonds is 4. The van der Waals surface area contributed by atoms with Crippen LogP contribution >= 0.6 is 15.9 Å². The van der Waals surface area contributed by atoms with Gasteiger partial charge in [0, 0.05) is 29.8 Å². The van der Waals surface area contributed by atoms with E-state index in [-0.39, 0.29) is 5.91 Å². The van der Waals surface area contributed by atoms with Crippen LogP contribution < -0.4 is 0 Å². The number of amides is 1. The molecule has 0 unspecified atom stereocenters. The minimum atomic E-state index is 0.0375. The van der Waals surface area contributed by atoms with E-state index < -0.39 is 0 Å². The predicted molar refractivity (Wildman–Crippen MR) is 83.8 cm³/mol. The maximum atomic E-state index is 12.5. The SMILES string of the molecule is CCN(CC)C1CCN(C(=O)c2ncccc2Br)CC1. The maximum Gasteiger partial charge on any atom is 0.273 e. The van der Waals surface area contributed by atoms with Crippen molar-refractivity contribution in [3.05, 3.63) is 28.5 Å². The Balaban J connectivity index is 1.97. The Morgan fingerprint density at radius 2 is 2.05 bits per heavy atom. The van der Waals surface area contributed by atoms with Crippen molar-refractivity contribution < 1.29 is 4.79 Å². The van der Waals surface area contributed by atoms with Crippen molar-refractivity contribution in [2.24, 2.45) is 0 Å². The number of nitrogens with zero attached hydrogens (tertiary/aromatic N) is 3. The monoisotopic (exact) mass is 339 g/mol. The highest BCUT2D eigenvalue weighted by atomic mass is 79.9. The van der Waals surface area contributed by atoms with E-state index in [9.17, 15) is 4.79 Å². The van der Waals surface area contributed by atoms with Crippen LogP contribution in [0.1, 0.15) is 37.2 Å². The Morgan fingerprint density at radius 1 is 1.40 bits per heavy atom. The number of piperidine rings is 1. The van der Waals surface area contributed by atoms with Crippen molar-refractivity contribution >= 4 is 21.8 Å². The minimum absolute atomic E-state index is 0.0375. The molecule has 2 rings (SSSR count). The minimum Gasteiger partial charge on any atom is -0.337 e. The van der Waals surface area contributed by atoms with Gasteiger partial charge >= 0.3 is 0 Å². The standard InChI is InChI=1S/C15H22BrN3O/c1-3-18(4-2)12-7-10-19(11-8-12)15(20)14-13(16)6-5-9-17-14/h5-6,9,12H,3-4,7-8,10-11H2,1-2H3. The number of hydrogen-bond donors (Lipinski definition) is 0. The fourth-order valence-electron chi connectivity index (χ4n) is 2.87. The van der Waals surface area contributed by atoms with Crippen LogP contribution in [0.5, 0.6) is 0 Å². The average molecular weight is 340 g/mol. The summed E-state index contributed by atoms with van der Waals surface area (Å²) in [6, 6.07) is 4.30. The molecule has 0 N–H and O–H groups in total. The molecular weight excluding hydrogens is 318 g/mol. The lowest BCUT2D eigenvalue weighted by atomic mass is 10.0. The Morgan fingerprint density at radius 3 is 2.60 bits per heavy atom. The van der Waals surface area contributed by atoms with Gasteiger partial charge in [-0.25, -0.2) is 4.98 Å². The highest BCUT2D eigenvalue weighted by molar-refractivity contribution is 9.10. The van der Waals surface area contributed by atoms with Crippen LogP contribution in [-0.2, 0) is 0 Å². The third kappa shape index (κ3) is 3.38. The molecule has 0 atom stereocenters. The van der Waals surface area contributed by atoms with Gasteiger partial charge in [-0.15, -0.1) is 0 Å².